The number of hydrogen-bond acceptors (Lipinski definition) is 4. The number of rotatable bonds is 3. The molecule has 2 aromatic heterocycles. The molecular weight excluding hydrogens is 311 g/mol. The number of anilines is 1. The van der Waals surface area contributed by atoms with E-state index in [0.29, 0.717) is 32.6 Å². The summed E-state index contributed by atoms with van der Waals surface area (Å²) in [5.41, 5.74) is 7.72. The van der Waals surface area contributed by atoms with E-state index in [2.05, 4.69) is 5.16 Å². The fourth-order valence-corrected chi connectivity index (χ4v) is 2.62. The van der Waals surface area contributed by atoms with Crippen molar-refractivity contribution >= 4 is 29.1 Å². The van der Waals surface area contributed by atoms with Gasteiger partial charge in [0.25, 0.3) is 0 Å². The van der Waals surface area contributed by atoms with Gasteiger partial charge < -0.3 is 14.7 Å². The van der Waals surface area contributed by atoms with Gasteiger partial charge in [0.2, 0.25) is 5.88 Å². The summed E-state index contributed by atoms with van der Waals surface area (Å²) in [5.74, 6) is 1.64. The van der Waals surface area contributed by atoms with Crippen LogP contribution in [-0.2, 0) is 6.42 Å². The predicted molar refractivity (Wildman–Crippen MR) is 83.5 cm³/mol. The van der Waals surface area contributed by atoms with Crippen LogP contribution in [0.25, 0.3) is 22.6 Å². The third kappa shape index (κ3) is 2.52. The molecule has 2 N–H and O–H groups in total. The average molecular weight is 323 g/mol. The topological polar surface area (TPSA) is 65.2 Å². The first kappa shape index (κ1) is 14.0. The molecule has 6 heteroatoms. The van der Waals surface area contributed by atoms with Crippen molar-refractivity contribution in [3.63, 3.8) is 0 Å². The Balaban J connectivity index is 2.17. The van der Waals surface area contributed by atoms with Gasteiger partial charge in [-0.05, 0) is 24.3 Å². The van der Waals surface area contributed by atoms with Gasteiger partial charge in [0.1, 0.15) is 5.76 Å². The van der Waals surface area contributed by atoms with Crippen LogP contribution in [0.3, 0.4) is 0 Å². The van der Waals surface area contributed by atoms with Crippen molar-refractivity contribution in [2.24, 2.45) is 0 Å². The van der Waals surface area contributed by atoms with Gasteiger partial charge in [-0.25, -0.2) is 0 Å². The summed E-state index contributed by atoms with van der Waals surface area (Å²) in [5, 5.41) is 5.01. The Morgan fingerprint density at radius 3 is 2.67 bits per heavy atom. The Kier molecular flexibility index (Phi) is 3.66. The second-order valence-corrected chi connectivity index (χ2v) is 5.36. The number of nitrogens with zero attached hydrogens (tertiary/aromatic N) is 1. The summed E-state index contributed by atoms with van der Waals surface area (Å²) in [6, 6.07) is 8.89. The Morgan fingerprint density at radius 2 is 2.00 bits per heavy atom. The van der Waals surface area contributed by atoms with E-state index in [1.807, 2.05) is 19.1 Å². The molecular formula is C15H12Cl2N2O2. The monoisotopic (exact) mass is 322 g/mol. The zero-order chi connectivity index (χ0) is 15.0. The lowest BCUT2D eigenvalue weighted by atomic mass is 10.0. The van der Waals surface area contributed by atoms with Gasteiger partial charge in [-0.3, -0.25) is 0 Å². The summed E-state index contributed by atoms with van der Waals surface area (Å²) < 4.78 is 10.8. The largest absolute Gasteiger partial charge is 0.459 e. The molecule has 0 unspecified atom stereocenters. The van der Waals surface area contributed by atoms with Crippen molar-refractivity contribution in [3.05, 3.63) is 46.1 Å². The van der Waals surface area contributed by atoms with E-state index in [0.717, 1.165) is 12.2 Å². The fraction of sp³-hybridized carbons (Fsp3) is 0.133. The molecule has 3 rings (SSSR count). The van der Waals surface area contributed by atoms with Crippen LogP contribution in [0.4, 0.5) is 5.88 Å². The van der Waals surface area contributed by atoms with Gasteiger partial charge in [0.05, 0.1) is 10.6 Å². The van der Waals surface area contributed by atoms with Gasteiger partial charge in [-0.15, -0.1) is 0 Å². The first-order valence-corrected chi connectivity index (χ1v) is 7.15. The molecule has 0 saturated heterocycles. The minimum atomic E-state index is 0.184. The molecule has 2 heterocycles. The lowest BCUT2D eigenvalue weighted by Crippen LogP contribution is -1.88. The van der Waals surface area contributed by atoms with Gasteiger partial charge >= 0.3 is 0 Å². The van der Waals surface area contributed by atoms with Gasteiger partial charge in [0.15, 0.2) is 11.5 Å². The normalized spacial score (nSPS) is 11.0. The van der Waals surface area contributed by atoms with Gasteiger partial charge in [0, 0.05) is 17.0 Å². The van der Waals surface area contributed by atoms with Crippen molar-refractivity contribution in [1.29, 1.82) is 0 Å². The van der Waals surface area contributed by atoms with Crippen LogP contribution in [0.15, 0.2) is 39.3 Å². The Hall–Kier alpha value is -1.91. The summed E-state index contributed by atoms with van der Waals surface area (Å²) in [6.45, 7) is 2.01. The molecule has 21 heavy (non-hydrogen) atoms. The second kappa shape index (κ2) is 5.47. The molecule has 0 aliphatic rings. The molecule has 1 aromatic carbocycles. The van der Waals surface area contributed by atoms with E-state index >= 15 is 0 Å². The highest BCUT2D eigenvalue weighted by Crippen LogP contribution is 2.40. The Labute approximate surface area is 131 Å². The summed E-state index contributed by atoms with van der Waals surface area (Å²) >= 11 is 12.2. The smallest absolute Gasteiger partial charge is 0.230 e. The van der Waals surface area contributed by atoms with Crippen LogP contribution in [0.1, 0.15) is 12.7 Å². The van der Waals surface area contributed by atoms with Crippen LogP contribution in [-0.4, -0.2) is 5.16 Å². The second-order valence-electron chi connectivity index (χ2n) is 4.51. The number of benzene rings is 1. The number of hydrogen-bond donors (Lipinski definition) is 1. The molecule has 4 nitrogen and oxygen atoms in total. The van der Waals surface area contributed by atoms with Gasteiger partial charge in [-0.1, -0.05) is 41.3 Å². The van der Waals surface area contributed by atoms with Crippen molar-refractivity contribution in [3.8, 4) is 22.6 Å². The molecule has 0 bridgehead atoms. The summed E-state index contributed by atoms with van der Waals surface area (Å²) in [6.07, 6.45) is 0.796. The third-order valence-corrected chi connectivity index (χ3v) is 3.71. The van der Waals surface area contributed by atoms with Crippen LogP contribution in [0, 0.1) is 0 Å². The first-order chi connectivity index (χ1) is 10.1. The zero-order valence-electron chi connectivity index (χ0n) is 11.2. The van der Waals surface area contributed by atoms with Crippen molar-refractivity contribution < 1.29 is 8.94 Å². The van der Waals surface area contributed by atoms with E-state index < -0.39 is 0 Å². The Bertz CT molecular complexity index is 793. The SMILES string of the molecule is CCc1ccc(-c2noc(N)c2-c2ccc(Cl)cc2Cl)o1. The Morgan fingerprint density at radius 1 is 1.19 bits per heavy atom. The highest BCUT2D eigenvalue weighted by atomic mass is 35.5. The van der Waals surface area contributed by atoms with Crippen LogP contribution in [0.2, 0.25) is 10.0 Å². The third-order valence-electron chi connectivity index (χ3n) is 3.16. The maximum absolute atomic E-state index is 6.24. The number of aryl methyl sites for hydroxylation is 1. The summed E-state index contributed by atoms with van der Waals surface area (Å²) in [4.78, 5) is 0. The maximum atomic E-state index is 6.24. The molecule has 0 aliphatic heterocycles. The quantitative estimate of drug-likeness (QED) is 0.732. The van der Waals surface area contributed by atoms with Crippen LogP contribution >= 0.6 is 23.2 Å². The van der Waals surface area contributed by atoms with Crippen molar-refractivity contribution in [2.75, 3.05) is 5.73 Å². The minimum absolute atomic E-state index is 0.184. The number of aromatic nitrogens is 1. The molecule has 0 aliphatic carbocycles. The maximum Gasteiger partial charge on any atom is 0.230 e. The number of nitrogens with two attached hydrogens (primary N) is 1. The lowest BCUT2D eigenvalue weighted by molar-refractivity contribution is 0.434. The van der Waals surface area contributed by atoms with Gasteiger partial charge in [-0.2, -0.15) is 0 Å². The number of halogens is 2. The average Bonchev–Trinajstić information content (AvgIpc) is 3.06. The first-order valence-electron chi connectivity index (χ1n) is 6.39. The van der Waals surface area contributed by atoms with Crippen molar-refractivity contribution in [2.45, 2.75) is 13.3 Å². The molecule has 0 radical (unpaired) electrons. The lowest BCUT2D eigenvalue weighted by Gasteiger charge is -2.04. The van der Waals surface area contributed by atoms with Crippen molar-refractivity contribution in [1.82, 2.24) is 5.16 Å². The predicted octanol–water partition coefficient (Wildman–Crippen LogP) is 5.05. The van der Waals surface area contributed by atoms with Crippen LogP contribution in [0.5, 0.6) is 0 Å². The number of nitrogen functional groups attached to an aromatic ring is 1. The van der Waals surface area contributed by atoms with E-state index in [1.54, 1.807) is 18.2 Å². The number of furan rings is 1. The molecule has 3 aromatic rings. The molecule has 0 amide bonds. The minimum Gasteiger partial charge on any atom is -0.459 e. The molecule has 0 spiro atoms. The van der Waals surface area contributed by atoms with E-state index in [-0.39, 0.29) is 5.88 Å². The van der Waals surface area contributed by atoms with E-state index in [9.17, 15) is 0 Å². The molecule has 0 fully saturated rings. The molecule has 108 valence electrons. The van der Waals surface area contributed by atoms with Crippen LogP contribution < -0.4 is 5.73 Å². The summed E-state index contributed by atoms with van der Waals surface area (Å²) in [7, 11) is 0. The van der Waals surface area contributed by atoms with E-state index in [4.69, 9.17) is 37.9 Å². The highest BCUT2D eigenvalue weighted by Gasteiger charge is 2.22. The standard InChI is InChI=1S/C15H12Cl2N2O2/c1-2-9-4-6-12(20-9)14-13(15(18)21-19-14)10-5-3-8(16)7-11(10)17/h3-7H,2,18H2,1H3. The fourth-order valence-electron chi connectivity index (χ4n) is 2.12. The molecule has 0 saturated carbocycles. The molecule has 0 atom stereocenters. The van der Waals surface area contributed by atoms with E-state index in [1.165, 1.54) is 0 Å². The highest BCUT2D eigenvalue weighted by molar-refractivity contribution is 6.36. The zero-order valence-corrected chi connectivity index (χ0v) is 12.7.